The van der Waals surface area contributed by atoms with Crippen LogP contribution in [-0.2, 0) is 6.42 Å². The molecule has 2 N–H and O–H groups in total. The van der Waals surface area contributed by atoms with Crippen LogP contribution in [0.1, 0.15) is 50.5 Å². The molecule has 0 spiro atoms. The molecule has 0 aliphatic heterocycles. The van der Waals surface area contributed by atoms with Crippen molar-refractivity contribution < 1.29 is 10.2 Å². The lowest BCUT2D eigenvalue weighted by atomic mass is 10.0. The van der Waals surface area contributed by atoms with Crippen LogP contribution in [0.2, 0.25) is 0 Å². The van der Waals surface area contributed by atoms with Gasteiger partial charge in [0.15, 0.2) is 0 Å². The van der Waals surface area contributed by atoms with Crippen molar-refractivity contribution in [3.8, 4) is 0 Å². The van der Waals surface area contributed by atoms with Crippen molar-refractivity contribution in [3.63, 3.8) is 0 Å². The molecule has 1 rings (SSSR count). The molecular weight excluding hydrogens is 224 g/mol. The highest BCUT2D eigenvalue weighted by Gasteiger charge is 2.04. The largest absolute Gasteiger partial charge is 0.396 e. The van der Waals surface area contributed by atoms with Gasteiger partial charge in [0.25, 0.3) is 0 Å². The van der Waals surface area contributed by atoms with E-state index in [2.05, 4.69) is 12.1 Å². The highest BCUT2D eigenvalue weighted by Crippen LogP contribution is 2.11. The highest BCUT2D eigenvalue weighted by molar-refractivity contribution is 5.15. The van der Waals surface area contributed by atoms with E-state index in [0.717, 1.165) is 32.1 Å². The molecule has 0 bridgehead atoms. The second-order valence-corrected chi connectivity index (χ2v) is 4.98. The lowest BCUT2D eigenvalue weighted by Gasteiger charge is -2.10. The summed E-state index contributed by atoms with van der Waals surface area (Å²) in [6.45, 7) is 0.315. The van der Waals surface area contributed by atoms with Crippen molar-refractivity contribution in [2.45, 2.75) is 57.5 Å². The van der Waals surface area contributed by atoms with Crippen LogP contribution in [0, 0.1) is 0 Å². The van der Waals surface area contributed by atoms with E-state index in [1.54, 1.807) is 0 Å². The Morgan fingerprint density at radius 2 is 1.44 bits per heavy atom. The van der Waals surface area contributed by atoms with Gasteiger partial charge in [-0.25, -0.2) is 0 Å². The van der Waals surface area contributed by atoms with Crippen LogP contribution in [0.15, 0.2) is 30.3 Å². The summed E-state index contributed by atoms with van der Waals surface area (Å²) in [5.74, 6) is 0. The van der Waals surface area contributed by atoms with Gasteiger partial charge < -0.3 is 10.2 Å². The zero-order chi connectivity index (χ0) is 13.1. The van der Waals surface area contributed by atoms with Crippen LogP contribution < -0.4 is 0 Å². The molecule has 0 amide bonds. The fourth-order valence-electron chi connectivity index (χ4n) is 2.19. The lowest BCUT2D eigenvalue weighted by molar-refractivity contribution is 0.161. The molecule has 1 aromatic carbocycles. The minimum atomic E-state index is -0.204. The van der Waals surface area contributed by atoms with E-state index in [4.69, 9.17) is 5.11 Å². The van der Waals surface area contributed by atoms with Gasteiger partial charge in [-0.3, -0.25) is 0 Å². The zero-order valence-electron chi connectivity index (χ0n) is 11.2. The predicted octanol–water partition coefficient (Wildman–Crippen LogP) is 3.31. The van der Waals surface area contributed by atoms with Crippen LogP contribution in [0.5, 0.6) is 0 Å². The SMILES string of the molecule is OCCCCCCCCC(O)Cc1ccccc1. The number of aliphatic hydroxyl groups is 2. The van der Waals surface area contributed by atoms with Gasteiger partial charge in [0.1, 0.15) is 0 Å². The van der Waals surface area contributed by atoms with Crippen molar-refractivity contribution in [1.29, 1.82) is 0 Å². The Hall–Kier alpha value is -0.860. The van der Waals surface area contributed by atoms with Gasteiger partial charge in [0.05, 0.1) is 6.10 Å². The van der Waals surface area contributed by atoms with E-state index in [1.165, 1.54) is 24.8 Å². The first kappa shape index (κ1) is 15.2. The standard InChI is InChI=1S/C16H26O2/c17-13-9-4-2-1-3-8-12-16(18)14-15-10-6-5-7-11-15/h5-7,10-11,16-18H,1-4,8-9,12-14H2. The summed E-state index contributed by atoms with van der Waals surface area (Å²) in [4.78, 5) is 0. The quantitative estimate of drug-likeness (QED) is 0.625. The van der Waals surface area contributed by atoms with Crippen LogP contribution in [0.4, 0.5) is 0 Å². The Balaban J connectivity index is 1.99. The molecule has 0 aromatic heterocycles. The Bertz CT molecular complexity index is 284. The van der Waals surface area contributed by atoms with Crippen LogP contribution in [0.25, 0.3) is 0 Å². The summed E-state index contributed by atoms with van der Waals surface area (Å²) in [7, 11) is 0. The average molecular weight is 250 g/mol. The third-order valence-electron chi connectivity index (χ3n) is 3.26. The van der Waals surface area contributed by atoms with Crippen molar-refractivity contribution in [2.75, 3.05) is 6.61 Å². The molecule has 0 heterocycles. The molecule has 0 aliphatic rings. The monoisotopic (exact) mass is 250 g/mol. The maximum Gasteiger partial charge on any atom is 0.0580 e. The smallest absolute Gasteiger partial charge is 0.0580 e. The van der Waals surface area contributed by atoms with E-state index in [1.807, 2.05) is 18.2 Å². The summed E-state index contributed by atoms with van der Waals surface area (Å²) >= 11 is 0. The Labute approximate surface area is 111 Å². The Morgan fingerprint density at radius 3 is 2.11 bits per heavy atom. The topological polar surface area (TPSA) is 40.5 Å². The number of hydrogen-bond donors (Lipinski definition) is 2. The molecular formula is C16H26O2. The van der Waals surface area contributed by atoms with Gasteiger partial charge in [-0.05, 0) is 24.8 Å². The summed E-state index contributed by atoms with van der Waals surface area (Å²) in [5, 5.41) is 18.6. The number of aliphatic hydroxyl groups excluding tert-OH is 2. The van der Waals surface area contributed by atoms with Gasteiger partial charge >= 0.3 is 0 Å². The number of benzene rings is 1. The molecule has 0 saturated carbocycles. The molecule has 102 valence electrons. The molecule has 1 unspecified atom stereocenters. The molecule has 2 nitrogen and oxygen atoms in total. The van der Waals surface area contributed by atoms with E-state index in [9.17, 15) is 5.11 Å². The molecule has 18 heavy (non-hydrogen) atoms. The third kappa shape index (κ3) is 7.46. The second kappa shape index (κ2) is 10.1. The van der Waals surface area contributed by atoms with Crippen molar-refractivity contribution in [2.24, 2.45) is 0 Å². The van der Waals surface area contributed by atoms with Crippen molar-refractivity contribution in [1.82, 2.24) is 0 Å². The predicted molar refractivity (Wildman–Crippen MR) is 75.6 cm³/mol. The van der Waals surface area contributed by atoms with Crippen LogP contribution in [0.3, 0.4) is 0 Å². The van der Waals surface area contributed by atoms with Gasteiger partial charge in [-0.2, -0.15) is 0 Å². The van der Waals surface area contributed by atoms with Crippen LogP contribution in [-0.4, -0.2) is 22.9 Å². The van der Waals surface area contributed by atoms with Crippen molar-refractivity contribution >= 4 is 0 Å². The van der Waals surface area contributed by atoms with E-state index in [-0.39, 0.29) is 6.10 Å². The molecule has 2 heteroatoms. The van der Waals surface area contributed by atoms with E-state index >= 15 is 0 Å². The summed E-state index contributed by atoms with van der Waals surface area (Å²) < 4.78 is 0. The van der Waals surface area contributed by atoms with E-state index < -0.39 is 0 Å². The molecule has 1 aromatic rings. The molecule has 0 fully saturated rings. The normalized spacial score (nSPS) is 12.6. The number of unbranched alkanes of at least 4 members (excludes halogenated alkanes) is 5. The van der Waals surface area contributed by atoms with Crippen molar-refractivity contribution in [3.05, 3.63) is 35.9 Å². The number of hydrogen-bond acceptors (Lipinski definition) is 2. The number of rotatable bonds is 10. The first-order chi connectivity index (χ1) is 8.83. The fraction of sp³-hybridized carbons (Fsp3) is 0.625. The maximum absolute atomic E-state index is 9.91. The van der Waals surface area contributed by atoms with Gasteiger partial charge in [0, 0.05) is 6.61 Å². The zero-order valence-corrected chi connectivity index (χ0v) is 11.2. The van der Waals surface area contributed by atoms with Crippen LogP contribution >= 0.6 is 0 Å². The molecule has 0 radical (unpaired) electrons. The lowest BCUT2D eigenvalue weighted by Crippen LogP contribution is -2.10. The first-order valence-corrected chi connectivity index (χ1v) is 7.16. The van der Waals surface area contributed by atoms with Gasteiger partial charge in [-0.15, -0.1) is 0 Å². The molecule has 0 saturated heterocycles. The summed E-state index contributed by atoms with van der Waals surface area (Å²) in [6.07, 6.45) is 8.24. The minimum absolute atomic E-state index is 0.204. The summed E-state index contributed by atoms with van der Waals surface area (Å²) in [6, 6.07) is 10.2. The highest BCUT2D eigenvalue weighted by atomic mass is 16.3. The molecule has 1 atom stereocenters. The average Bonchev–Trinajstić information content (AvgIpc) is 2.39. The Morgan fingerprint density at radius 1 is 0.833 bits per heavy atom. The van der Waals surface area contributed by atoms with E-state index in [0.29, 0.717) is 6.61 Å². The fourth-order valence-corrected chi connectivity index (χ4v) is 2.19. The maximum atomic E-state index is 9.91. The molecule has 0 aliphatic carbocycles. The Kier molecular flexibility index (Phi) is 8.53. The third-order valence-corrected chi connectivity index (χ3v) is 3.26. The van der Waals surface area contributed by atoms with Gasteiger partial charge in [-0.1, -0.05) is 62.4 Å². The second-order valence-electron chi connectivity index (χ2n) is 4.98. The summed E-state index contributed by atoms with van der Waals surface area (Å²) in [5.41, 5.74) is 1.22. The minimum Gasteiger partial charge on any atom is -0.396 e. The van der Waals surface area contributed by atoms with Gasteiger partial charge in [0.2, 0.25) is 0 Å². The first-order valence-electron chi connectivity index (χ1n) is 7.16.